The Morgan fingerprint density at radius 1 is 1.10 bits per heavy atom. The van der Waals surface area contributed by atoms with Crippen molar-refractivity contribution in [1.29, 1.82) is 0 Å². The predicted octanol–water partition coefficient (Wildman–Crippen LogP) is 2.99. The van der Waals surface area contributed by atoms with Crippen molar-refractivity contribution in [2.24, 2.45) is 11.8 Å². The summed E-state index contributed by atoms with van der Waals surface area (Å²) in [5.41, 5.74) is 2.88. The molecule has 1 N–H and O–H groups in total. The van der Waals surface area contributed by atoms with E-state index in [0.29, 0.717) is 13.1 Å². The van der Waals surface area contributed by atoms with E-state index in [9.17, 15) is 9.59 Å². The molecule has 1 unspecified atom stereocenters. The molecule has 2 fully saturated rings. The van der Waals surface area contributed by atoms with Crippen molar-refractivity contribution in [2.45, 2.75) is 32.7 Å². The molecule has 0 radical (unpaired) electrons. The van der Waals surface area contributed by atoms with E-state index in [4.69, 9.17) is 0 Å². The summed E-state index contributed by atoms with van der Waals surface area (Å²) >= 11 is 0. The lowest BCUT2D eigenvalue weighted by Crippen LogP contribution is -2.33. The van der Waals surface area contributed by atoms with Crippen LogP contribution in [0.3, 0.4) is 0 Å². The summed E-state index contributed by atoms with van der Waals surface area (Å²) in [6, 6.07) is 13.8. The van der Waals surface area contributed by atoms with Crippen LogP contribution in [0.2, 0.25) is 0 Å². The molecule has 2 amide bonds. The number of anilines is 2. The molecular weight excluding hydrogens is 364 g/mol. The first-order valence-corrected chi connectivity index (χ1v) is 10.4. The Morgan fingerprint density at radius 2 is 1.83 bits per heavy atom. The molecule has 1 atom stereocenters. The largest absolute Gasteiger partial charge is 0.372 e. The second kappa shape index (κ2) is 8.64. The standard InChI is InChI=1S/C23H28N4O2/c1-17-9-12-26(13-10-17)20-5-7-21(8-6-20)27-16-18(14-22(27)28)23(29)25-15-19-4-2-3-11-24-19/h2-8,11,17-18H,9-10,12-16H2,1H3,(H,25,29). The zero-order chi connectivity index (χ0) is 20.2. The summed E-state index contributed by atoms with van der Waals surface area (Å²) in [6.07, 6.45) is 4.40. The fourth-order valence-corrected chi connectivity index (χ4v) is 4.07. The van der Waals surface area contributed by atoms with Gasteiger partial charge in [-0.1, -0.05) is 13.0 Å². The average molecular weight is 393 g/mol. The number of amides is 2. The van der Waals surface area contributed by atoms with Crippen molar-refractivity contribution in [3.63, 3.8) is 0 Å². The smallest absolute Gasteiger partial charge is 0.227 e. The van der Waals surface area contributed by atoms with Crippen LogP contribution in [0.1, 0.15) is 31.9 Å². The highest BCUT2D eigenvalue weighted by Gasteiger charge is 2.35. The Kier molecular flexibility index (Phi) is 5.79. The number of hydrogen-bond donors (Lipinski definition) is 1. The third-order valence-corrected chi connectivity index (χ3v) is 5.98. The summed E-state index contributed by atoms with van der Waals surface area (Å²) in [5, 5.41) is 2.90. The molecule has 1 aromatic carbocycles. The minimum atomic E-state index is -0.325. The lowest BCUT2D eigenvalue weighted by Gasteiger charge is -2.32. The minimum absolute atomic E-state index is 0.00235. The number of carbonyl (C=O) groups is 2. The van der Waals surface area contributed by atoms with Gasteiger partial charge in [0.05, 0.1) is 18.2 Å². The molecule has 29 heavy (non-hydrogen) atoms. The topological polar surface area (TPSA) is 65.5 Å². The minimum Gasteiger partial charge on any atom is -0.372 e. The molecule has 6 nitrogen and oxygen atoms in total. The first kappa shape index (κ1) is 19.4. The number of nitrogens with zero attached hydrogens (tertiary/aromatic N) is 3. The summed E-state index contributed by atoms with van der Waals surface area (Å²) in [6.45, 7) is 5.28. The monoisotopic (exact) mass is 392 g/mol. The maximum atomic E-state index is 12.5. The fourth-order valence-electron chi connectivity index (χ4n) is 4.07. The third kappa shape index (κ3) is 4.58. The normalized spacial score (nSPS) is 20.2. The van der Waals surface area contributed by atoms with E-state index >= 15 is 0 Å². The number of hydrogen-bond acceptors (Lipinski definition) is 4. The molecular formula is C23H28N4O2. The molecule has 2 aliphatic rings. The molecule has 2 aliphatic heterocycles. The Labute approximate surface area is 171 Å². The number of rotatable bonds is 5. The van der Waals surface area contributed by atoms with Crippen molar-refractivity contribution in [3.05, 3.63) is 54.4 Å². The van der Waals surface area contributed by atoms with Gasteiger partial charge in [-0.25, -0.2) is 0 Å². The molecule has 152 valence electrons. The molecule has 3 heterocycles. The Hall–Kier alpha value is -2.89. The Balaban J connectivity index is 1.34. The van der Waals surface area contributed by atoms with Crippen LogP contribution in [-0.4, -0.2) is 36.4 Å². The fraction of sp³-hybridized carbons (Fsp3) is 0.435. The second-order valence-electron chi connectivity index (χ2n) is 8.13. The lowest BCUT2D eigenvalue weighted by molar-refractivity contribution is -0.126. The number of aromatic nitrogens is 1. The van der Waals surface area contributed by atoms with Crippen LogP contribution in [0, 0.1) is 11.8 Å². The molecule has 0 bridgehead atoms. The van der Waals surface area contributed by atoms with Crippen molar-refractivity contribution >= 4 is 23.2 Å². The molecule has 0 spiro atoms. The van der Waals surface area contributed by atoms with Gasteiger partial charge < -0.3 is 15.1 Å². The molecule has 0 saturated carbocycles. The predicted molar refractivity (Wildman–Crippen MR) is 114 cm³/mol. The summed E-state index contributed by atoms with van der Waals surface area (Å²) < 4.78 is 0. The van der Waals surface area contributed by atoms with E-state index in [-0.39, 0.29) is 24.2 Å². The van der Waals surface area contributed by atoms with Crippen LogP contribution >= 0.6 is 0 Å². The quantitative estimate of drug-likeness (QED) is 0.850. The van der Waals surface area contributed by atoms with Crippen LogP contribution < -0.4 is 15.1 Å². The van der Waals surface area contributed by atoms with Gasteiger partial charge in [0, 0.05) is 43.6 Å². The van der Waals surface area contributed by atoms with Crippen LogP contribution in [0.4, 0.5) is 11.4 Å². The van der Waals surface area contributed by atoms with Gasteiger partial charge in [0.1, 0.15) is 0 Å². The summed E-state index contributed by atoms with van der Waals surface area (Å²) in [7, 11) is 0. The van der Waals surface area contributed by atoms with Crippen LogP contribution in [0.15, 0.2) is 48.7 Å². The first-order chi connectivity index (χ1) is 14.1. The number of nitrogens with one attached hydrogen (secondary N) is 1. The highest BCUT2D eigenvalue weighted by atomic mass is 16.2. The Bertz CT molecular complexity index is 845. The van der Waals surface area contributed by atoms with Crippen LogP contribution in [-0.2, 0) is 16.1 Å². The van der Waals surface area contributed by atoms with Gasteiger partial charge in [-0.05, 0) is 55.2 Å². The van der Waals surface area contributed by atoms with E-state index in [1.54, 1.807) is 11.1 Å². The van der Waals surface area contributed by atoms with Gasteiger partial charge in [-0.2, -0.15) is 0 Å². The first-order valence-electron chi connectivity index (χ1n) is 10.4. The van der Waals surface area contributed by atoms with Crippen molar-refractivity contribution < 1.29 is 9.59 Å². The SMILES string of the molecule is CC1CCN(c2ccc(N3CC(C(=O)NCc4ccccn4)CC3=O)cc2)CC1. The number of carbonyl (C=O) groups excluding carboxylic acids is 2. The summed E-state index contributed by atoms with van der Waals surface area (Å²) in [5.74, 6) is 0.385. The van der Waals surface area contributed by atoms with E-state index in [0.717, 1.165) is 30.4 Å². The van der Waals surface area contributed by atoms with Crippen molar-refractivity contribution in [3.8, 4) is 0 Å². The zero-order valence-corrected chi connectivity index (χ0v) is 16.9. The average Bonchev–Trinajstić information content (AvgIpc) is 3.15. The third-order valence-electron chi connectivity index (χ3n) is 5.98. The molecule has 2 saturated heterocycles. The van der Waals surface area contributed by atoms with Crippen LogP contribution in [0.25, 0.3) is 0 Å². The lowest BCUT2D eigenvalue weighted by atomic mass is 9.99. The van der Waals surface area contributed by atoms with Gasteiger partial charge in [0.25, 0.3) is 0 Å². The zero-order valence-electron chi connectivity index (χ0n) is 16.9. The Morgan fingerprint density at radius 3 is 2.52 bits per heavy atom. The highest BCUT2D eigenvalue weighted by molar-refractivity contribution is 6.00. The molecule has 6 heteroatoms. The van der Waals surface area contributed by atoms with Gasteiger partial charge in [0.2, 0.25) is 11.8 Å². The number of benzene rings is 1. The van der Waals surface area contributed by atoms with E-state index in [1.165, 1.54) is 18.5 Å². The summed E-state index contributed by atoms with van der Waals surface area (Å²) in [4.78, 5) is 33.4. The van der Waals surface area contributed by atoms with Crippen molar-refractivity contribution in [1.82, 2.24) is 10.3 Å². The molecule has 1 aromatic heterocycles. The van der Waals surface area contributed by atoms with Crippen LogP contribution in [0.5, 0.6) is 0 Å². The van der Waals surface area contributed by atoms with Gasteiger partial charge in [-0.3, -0.25) is 14.6 Å². The molecule has 4 rings (SSSR count). The second-order valence-corrected chi connectivity index (χ2v) is 8.13. The van der Waals surface area contributed by atoms with Crippen molar-refractivity contribution in [2.75, 3.05) is 29.4 Å². The van der Waals surface area contributed by atoms with Gasteiger partial charge >= 0.3 is 0 Å². The van der Waals surface area contributed by atoms with Gasteiger partial charge in [-0.15, -0.1) is 0 Å². The maximum absolute atomic E-state index is 12.5. The maximum Gasteiger partial charge on any atom is 0.227 e. The molecule has 2 aromatic rings. The van der Waals surface area contributed by atoms with E-state index in [1.807, 2.05) is 30.3 Å². The van der Waals surface area contributed by atoms with E-state index in [2.05, 4.69) is 34.3 Å². The number of pyridine rings is 1. The number of piperidine rings is 1. The highest BCUT2D eigenvalue weighted by Crippen LogP contribution is 2.29. The van der Waals surface area contributed by atoms with E-state index < -0.39 is 0 Å². The molecule has 0 aliphatic carbocycles. The van der Waals surface area contributed by atoms with Gasteiger partial charge in [0.15, 0.2) is 0 Å².